The lowest BCUT2D eigenvalue weighted by atomic mass is 10.2. The molecule has 2 aromatic carbocycles. The number of benzene rings is 2. The summed E-state index contributed by atoms with van der Waals surface area (Å²) in [6, 6.07) is 12.0. The zero-order chi connectivity index (χ0) is 13.8. The Morgan fingerprint density at radius 1 is 1.11 bits per heavy atom. The summed E-state index contributed by atoms with van der Waals surface area (Å²) in [6.45, 7) is 0. The molecule has 0 radical (unpaired) electrons. The molecule has 0 aromatic heterocycles. The summed E-state index contributed by atoms with van der Waals surface area (Å²) >= 11 is 9.26. The van der Waals surface area contributed by atoms with E-state index in [0.717, 1.165) is 10.2 Å². The second-order valence-electron chi connectivity index (χ2n) is 3.80. The van der Waals surface area contributed by atoms with Crippen LogP contribution in [0.1, 0.15) is 10.4 Å². The molecule has 4 N–H and O–H groups in total. The van der Waals surface area contributed by atoms with Crippen molar-refractivity contribution >= 4 is 44.8 Å². The van der Waals surface area contributed by atoms with Crippen LogP contribution >= 0.6 is 27.5 Å². The monoisotopic (exact) mass is 339 g/mol. The van der Waals surface area contributed by atoms with Crippen LogP contribution in [0.25, 0.3) is 0 Å². The summed E-state index contributed by atoms with van der Waals surface area (Å²) in [5, 5.41) is 3.31. The minimum absolute atomic E-state index is 0.207. The van der Waals surface area contributed by atoms with Crippen molar-refractivity contribution in [3.8, 4) is 0 Å². The SMILES string of the molecule is NNc1ccc(C(=O)Nc2ccc(Br)c(Cl)c2)cc1. The molecule has 0 aliphatic heterocycles. The second-order valence-corrected chi connectivity index (χ2v) is 5.07. The summed E-state index contributed by atoms with van der Waals surface area (Å²) < 4.78 is 0.783. The molecule has 2 rings (SSSR count). The Hall–Kier alpha value is -1.56. The smallest absolute Gasteiger partial charge is 0.255 e. The van der Waals surface area contributed by atoms with Gasteiger partial charge in [0.25, 0.3) is 5.91 Å². The van der Waals surface area contributed by atoms with Crippen LogP contribution in [0.2, 0.25) is 5.02 Å². The van der Waals surface area contributed by atoms with Crippen LogP contribution in [0.5, 0.6) is 0 Å². The third-order valence-electron chi connectivity index (χ3n) is 2.49. The van der Waals surface area contributed by atoms with Gasteiger partial charge < -0.3 is 10.7 Å². The Morgan fingerprint density at radius 2 is 1.74 bits per heavy atom. The van der Waals surface area contributed by atoms with E-state index in [1.54, 1.807) is 42.5 Å². The Bertz CT molecular complexity index is 601. The fourth-order valence-electron chi connectivity index (χ4n) is 1.49. The molecule has 0 aliphatic carbocycles. The molecule has 0 spiro atoms. The maximum atomic E-state index is 12.0. The largest absolute Gasteiger partial charge is 0.324 e. The summed E-state index contributed by atoms with van der Waals surface area (Å²) in [4.78, 5) is 12.0. The first-order chi connectivity index (χ1) is 9.10. The Morgan fingerprint density at radius 3 is 2.32 bits per heavy atom. The first-order valence-corrected chi connectivity index (χ1v) is 6.60. The molecule has 19 heavy (non-hydrogen) atoms. The van der Waals surface area contributed by atoms with Gasteiger partial charge >= 0.3 is 0 Å². The van der Waals surface area contributed by atoms with Gasteiger partial charge in [-0.25, -0.2) is 0 Å². The Labute approximate surface area is 124 Å². The van der Waals surface area contributed by atoms with Crippen LogP contribution in [-0.2, 0) is 0 Å². The van der Waals surface area contributed by atoms with E-state index in [2.05, 4.69) is 26.7 Å². The zero-order valence-electron chi connectivity index (χ0n) is 9.78. The highest BCUT2D eigenvalue weighted by Gasteiger charge is 2.07. The zero-order valence-corrected chi connectivity index (χ0v) is 12.1. The maximum Gasteiger partial charge on any atom is 0.255 e. The topological polar surface area (TPSA) is 67.1 Å². The highest BCUT2D eigenvalue weighted by Crippen LogP contribution is 2.25. The number of carbonyl (C=O) groups is 1. The molecule has 0 heterocycles. The predicted octanol–water partition coefficient (Wildman–Crippen LogP) is 3.64. The van der Waals surface area contributed by atoms with Crippen molar-refractivity contribution in [2.24, 2.45) is 5.84 Å². The van der Waals surface area contributed by atoms with E-state index in [-0.39, 0.29) is 5.91 Å². The number of hydrazine groups is 1. The van der Waals surface area contributed by atoms with Crippen LogP contribution in [0.4, 0.5) is 11.4 Å². The van der Waals surface area contributed by atoms with Gasteiger partial charge in [-0.3, -0.25) is 10.6 Å². The number of nitrogen functional groups attached to an aromatic ring is 1. The number of amides is 1. The van der Waals surface area contributed by atoms with Crippen molar-refractivity contribution < 1.29 is 4.79 Å². The van der Waals surface area contributed by atoms with Gasteiger partial charge in [-0.2, -0.15) is 0 Å². The number of rotatable bonds is 3. The molecule has 0 saturated carbocycles. The first-order valence-electron chi connectivity index (χ1n) is 5.43. The molecule has 0 saturated heterocycles. The van der Waals surface area contributed by atoms with Crippen molar-refractivity contribution in [2.45, 2.75) is 0 Å². The Balaban J connectivity index is 2.13. The quantitative estimate of drug-likeness (QED) is 0.590. The Kier molecular flexibility index (Phi) is 4.42. The third-order valence-corrected chi connectivity index (χ3v) is 3.72. The number of nitrogens with one attached hydrogen (secondary N) is 2. The minimum Gasteiger partial charge on any atom is -0.324 e. The van der Waals surface area contributed by atoms with E-state index in [1.165, 1.54) is 0 Å². The number of nitrogens with two attached hydrogens (primary N) is 1. The highest BCUT2D eigenvalue weighted by atomic mass is 79.9. The normalized spacial score (nSPS) is 10.1. The van der Waals surface area contributed by atoms with Gasteiger partial charge in [0.2, 0.25) is 0 Å². The van der Waals surface area contributed by atoms with E-state index in [0.29, 0.717) is 16.3 Å². The average Bonchev–Trinajstić information content (AvgIpc) is 2.43. The van der Waals surface area contributed by atoms with Crippen LogP contribution in [-0.4, -0.2) is 5.91 Å². The molecule has 2 aromatic rings. The lowest BCUT2D eigenvalue weighted by Gasteiger charge is -2.07. The van der Waals surface area contributed by atoms with Gasteiger partial charge in [0.15, 0.2) is 0 Å². The number of carbonyl (C=O) groups excluding carboxylic acids is 1. The number of hydrogen-bond acceptors (Lipinski definition) is 3. The van der Waals surface area contributed by atoms with Crippen molar-refractivity contribution in [3.05, 3.63) is 57.5 Å². The van der Waals surface area contributed by atoms with E-state index < -0.39 is 0 Å². The molecule has 4 nitrogen and oxygen atoms in total. The van der Waals surface area contributed by atoms with Gasteiger partial charge in [-0.1, -0.05) is 11.6 Å². The third kappa shape index (κ3) is 3.47. The molecule has 1 amide bonds. The summed E-state index contributed by atoms with van der Waals surface area (Å²) in [5.74, 6) is 5.05. The first kappa shape index (κ1) is 13.9. The van der Waals surface area contributed by atoms with Crippen molar-refractivity contribution in [1.29, 1.82) is 0 Å². The predicted molar refractivity (Wildman–Crippen MR) is 81.4 cm³/mol. The lowest BCUT2D eigenvalue weighted by Crippen LogP contribution is -2.12. The summed E-state index contributed by atoms with van der Waals surface area (Å²) in [7, 11) is 0. The average molecular weight is 341 g/mol. The fourth-order valence-corrected chi connectivity index (χ4v) is 1.92. The number of halogens is 2. The van der Waals surface area contributed by atoms with Gasteiger partial charge in [-0.15, -0.1) is 0 Å². The molecular weight excluding hydrogens is 330 g/mol. The van der Waals surface area contributed by atoms with Crippen LogP contribution in [0, 0.1) is 0 Å². The van der Waals surface area contributed by atoms with E-state index in [9.17, 15) is 4.79 Å². The molecule has 0 unspecified atom stereocenters. The maximum absolute atomic E-state index is 12.0. The molecular formula is C13H11BrClN3O. The molecule has 0 aliphatic rings. The molecule has 0 atom stereocenters. The highest BCUT2D eigenvalue weighted by molar-refractivity contribution is 9.10. The van der Waals surface area contributed by atoms with Gasteiger partial charge in [0.05, 0.1) is 5.02 Å². The summed E-state index contributed by atoms with van der Waals surface area (Å²) in [5.41, 5.74) is 4.42. The van der Waals surface area contributed by atoms with Gasteiger partial charge in [0.1, 0.15) is 0 Å². The second kappa shape index (κ2) is 6.06. The van der Waals surface area contributed by atoms with Crippen LogP contribution < -0.4 is 16.6 Å². The lowest BCUT2D eigenvalue weighted by molar-refractivity contribution is 0.102. The van der Waals surface area contributed by atoms with Crippen LogP contribution in [0.3, 0.4) is 0 Å². The van der Waals surface area contributed by atoms with Crippen molar-refractivity contribution in [3.63, 3.8) is 0 Å². The fraction of sp³-hybridized carbons (Fsp3) is 0. The van der Waals surface area contributed by atoms with Crippen LogP contribution in [0.15, 0.2) is 46.9 Å². The molecule has 98 valence electrons. The van der Waals surface area contributed by atoms with Gasteiger partial charge in [-0.05, 0) is 58.4 Å². The van der Waals surface area contributed by atoms with Gasteiger partial charge in [0, 0.05) is 21.4 Å². The number of anilines is 2. The van der Waals surface area contributed by atoms with E-state index in [1.807, 2.05) is 0 Å². The number of hydrogen-bond donors (Lipinski definition) is 3. The van der Waals surface area contributed by atoms with E-state index >= 15 is 0 Å². The molecule has 6 heteroatoms. The minimum atomic E-state index is -0.207. The van der Waals surface area contributed by atoms with Crippen molar-refractivity contribution in [1.82, 2.24) is 0 Å². The summed E-state index contributed by atoms with van der Waals surface area (Å²) in [6.07, 6.45) is 0. The molecule has 0 bridgehead atoms. The molecule has 0 fully saturated rings. The standard InChI is InChI=1S/C13H11BrClN3O/c14-11-6-5-10(7-12(11)15)17-13(19)8-1-3-9(18-16)4-2-8/h1-7,18H,16H2,(H,17,19). The van der Waals surface area contributed by atoms with E-state index in [4.69, 9.17) is 17.4 Å². The van der Waals surface area contributed by atoms with Crippen molar-refractivity contribution in [2.75, 3.05) is 10.7 Å².